The van der Waals surface area contributed by atoms with Crippen molar-refractivity contribution in [2.75, 3.05) is 10.6 Å². The van der Waals surface area contributed by atoms with E-state index in [1.807, 2.05) is 0 Å². The summed E-state index contributed by atoms with van der Waals surface area (Å²) < 4.78 is 38.6. The minimum atomic E-state index is -4.66. The first-order valence-corrected chi connectivity index (χ1v) is 5.02. The van der Waals surface area contributed by atoms with E-state index in [9.17, 15) is 18.0 Å². The molecule has 0 spiro atoms. The van der Waals surface area contributed by atoms with Gasteiger partial charge in [0, 0.05) is 0 Å². The third kappa shape index (κ3) is 1.64. The van der Waals surface area contributed by atoms with E-state index in [1.54, 1.807) is 25.1 Å². The summed E-state index contributed by atoms with van der Waals surface area (Å²) in [5, 5.41) is 4.57. The van der Waals surface area contributed by atoms with Crippen LogP contribution in [0.2, 0.25) is 0 Å². The highest BCUT2D eigenvalue weighted by molar-refractivity contribution is 6.06. The average Bonchev–Trinajstić information content (AvgIpc) is 2.20. The van der Waals surface area contributed by atoms with E-state index in [2.05, 4.69) is 10.6 Å². The largest absolute Gasteiger partial charge is 0.420 e. The molecular formula is C11H11F3N2O. The lowest BCUT2D eigenvalue weighted by Crippen LogP contribution is -2.60. The summed E-state index contributed by atoms with van der Waals surface area (Å²) in [6, 6.07) is 4.91. The number of carbonyl (C=O) groups is 1. The molecule has 0 saturated carbocycles. The minimum absolute atomic E-state index is 0.312. The van der Waals surface area contributed by atoms with Crippen LogP contribution in [0.1, 0.15) is 12.5 Å². The van der Waals surface area contributed by atoms with Gasteiger partial charge in [0.2, 0.25) is 5.54 Å². The number of amides is 1. The van der Waals surface area contributed by atoms with E-state index in [1.165, 1.54) is 0 Å². The van der Waals surface area contributed by atoms with Gasteiger partial charge in [0.05, 0.1) is 11.4 Å². The van der Waals surface area contributed by atoms with Gasteiger partial charge in [-0.25, -0.2) is 0 Å². The van der Waals surface area contributed by atoms with Crippen LogP contribution in [0.5, 0.6) is 0 Å². The zero-order valence-electron chi connectivity index (χ0n) is 9.27. The van der Waals surface area contributed by atoms with Gasteiger partial charge in [0.1, 0.15) is 0 Å². The van der Waals surface area contributed by atoms with E-state index < -0.39 is 17.6 Å². The first-order chi connectivity index (χ1) is 7.75. The van der Waals surface area contributed by atoms with Crippen molar-refractivity contribution in [3.05, 3.63) is 23.8 Å². The summed E-state index contributed by atoms with van der Waals surface area (Å²) in [6.45, 7) is 2.51. The summed E-state index contributed by atoms with van der Waals surface area (Å²) in [4.78, 5) is 11.5. The lowest BCUT2D eigenvalue weighted by Gasteiger charge is -2.37. The number of aryl methyl sites for hydroxylation is 1. The number of alkyl halides is 3. The maximum Gasteiger partial charge on any atom is 0.420 e. The number of halogens is 3. The molecule has 0 fully saturated rings. The number of fused-ring (bicyclic) bond motifs is 1. The summed E-state index contributed by atoms with van der Waals surface area (Å²) in [5.41, 5.74) is -1.26. The Bertz CT molecular complexity index is 484. The number of nitrogens with one attached hydrogen (secondary N) is 2. The zero-order valence-corrected chi connectivity index (χ0v) is 9.27. The Hall–Kier alpha value is -1.72. The summed E-state index contributed by atoms with van der Waals surface area (Å²) in [7, 11) is 0. The molecule has 2 N–H and O–H groups in total. The predicted molar refractivity (Wildman–Crippen MR) is 57.9 cm³/mol. The Morgan fingerprint density at radius 2 is 1.94 bits per heavy atom. The molecule has 6 heteroatoms. The molecule has 1 aliphatic rings. The molecule has 92 valence electrons. The molecule has 1 aliphatic heterocycles. The lowest BCUT2D eigenvalue weighted by molar-refractivity contribution is -0.179. The maximum atomic E-state index is 12.9. The molecule has 1 atom stereocenters. The first kappa shape index (κ1) is 11.8. The normalized spacial score (nSPS) is 23.7. The summed E-state index contributed by atoms with van der Waals surface area (Å²) >= 11 is 0. The van der Waals surface area contributed by atoms with E-state index in [0.29, 0.717) is 16.9 Å². The number of hydrogen-bond donors (Lipinski definition) is 2. The van der Waals surface area contributed by atoms with Crippen molar-refractivity contribution >= 4 is 17.3 Å². The third-order valence-corrected chi connectivity index (χ3v) is 2.92. The predicted octanol–water partition coefficient (Wildman–Crippen LogP) is 2.68. The van der Waals surface area contributed by atoms with Crippen molar-refractivity contribution in [3.63, 3.8) is 0 Å². The second-order valence-corrected chi connectivity index (χ2v) is 4.20. The Kier molecular flexibility index (Phi) is 2.34. The second-order valence-electron chi connectivity index (χ2n) is 4.20. The van der Waals surface area contributed by atoms with Crippen LogP contribution in [0.15, 0.2) is 18.2 Å². The van der Waals surface area contributed by atoms with Crippen molar-refractivity contribution < 1.29 is 18.0 Å². The minimum Gasteiger partial charge on any atom is -0.362 e. The molecule has 0 aliphatic carbocycles. The smallest absolute Gasteiger partial charge is 0.362 e. The van der Waals surface area contributed by atoms with E-state index >= 15 is 0 Å². The van der Waals surface area contributed by atoms with Gasteiger partial charge in [-0.1, -0.05) is 12.1 Å². The van der Waals surface area contributed by atoms with Crippen LogP contribution < -0.4 is 10.6 Å². The van der Waals surface area contributed by atoms with Crippen molar-refractivity contribution in [2.45, 2.75) is 25.6 Å². The molecule has 17 heavy (non-hydrogen) atoms. The van der Waals surface area contributed by atoms with Crippen LogP contribution in [0, 0.1) is 6.92 Å². The fourth-order valence-corrected chi connectivity index (χ4v) is 1.69. The number of carbonyl (C=O) groups excluding carboxylic acids is 1. The molecule has 0 aromatic heterocycles. The number of benzene rings is 1. The maximum absolute atomic E-state index is 12.9. The monoisotopic (exact) mass is 244 g/mol. The average molecular weight is 244 g/mol. The lowest BCUT2D eigenvalue weighted by atomic mass is 9.95. The molecule has 0 radical (unpaired) electrons. The van der Waals surface area contributed by atoms with E-state index in [-0.39, 0.29) is 0 Å². The molecule has 1 amide bonds. The first-order valence-electron chi connectivity index (χ1n) is 5.02. The number of rotatable bonds is 0. The van der Waals surface area contributed by atoms with Gasteiger partial charge in [-0.3, -0.25) is 4.79 Å². The molecular weight excluding hydrogens is 233 g/mol. The quantitative estimate of drug-likeness (QED) is 0.736. The SMILES string of the molecule is Cc1cccc2c1NC(C)(C(F)(F)F)C(=O)N2. The van der Waals surface area contributed by atoms with Crippen molar-refractivity contribution in [1.82, 2.24) is 0 Å². The molecule has 1 aromatic rings. The molecule has 1 unspecified atom stereocenters. The summed E-state index contributed by atoms with van der Waals surface area (Å²) in [5.74, 6) is -1.09. The van der Waals surface area contributed by atoms with Crippen LogP contribution in [0.4, 0.5) is 24.5 Å². The molecule has 1 heterocycles. The van der Waals surface area contributed by atoms with E-state index in [4.69, 9.17) is 0 Å². The second kappa shape index (κ2) is 3.38. The van der Waals surface area contributed by atoms with Crippen LogP contribution in [0.3, 0.4) is 0 Å². The van der Waals surface area contributed by atoms with Gasteiger partial charge < -0.3 is 10.6 Å². The Morgan fingerprint density at radius 1 is 1.29 bits per heavy atom. The number of para-hydroxylation sites is 1. The Labute approximate surface area is 96.0 Å². The molecule has 0 bridgehead atoms. The standard InChI is InChI=1S/C11H11F3N2O/c1-6-4-3-5-7-8(6)16-10(2,9(17)15-7)11(12,13)14/h3-5,16H,1-2H3,(H,15,17). The number of hydrogen-bond acceptors (Lipinski definition) is 2. The van der Waals surface area contributed by atoms with Crippen molar-refractivity contribution in [2.24, 2.45) is 0 Å². The van der Waals surface area contributed by atoms with Crippen LogP contribution in [0.25, 0.3) is 0 Å². The van der Waals surface area contributed by atoms with Gasteiger partial charge >= 0.3 is 6.18 Å². The highest BCUT2D eigenvalue weighted by Gasteiger charge is 2.58. The Morgan fingerprint density at radius 3 is 2.53 bits per heavy atom. The van der Waals surface area contributed by atoms with Crippen LogP contribution >= 0.6 is 0 Å². The van der Waals surface area contributed by atoms with E-state index in [0.717, 1.165) is 6.92 Å². The van der Waals surface area contributed by atoms with Crippen LogP contribution in [-0.2, 0) is 4.79 Å². The topological polar surface area (TPSA) is 41.1 Å². The van der Waals surface area contributed by atoms with Crippen molar-refractivity contribution in [1.29, 1.82) is 0 Å². The Balaban J connectivity index is 2.52. The fraction of sp³-hybridized carbons (Fsp3) is 0.364. The van der Waals surface area contributed by atoms with Gasteiger partial charge in [0.25, 0.3) is 5.91 Å². The fourth-order valence-electron chi connectivity index (χ4n) is 1.69. The number of anilines is 2. The van der Waals surface area contributed by atoms with Gasteiger partial charge in [-0.2, -0.15) is 13.2 Å². The highest BCUT2D eigenvalue weighted by atomic mass is 19.4. The van der Waals surface area contributed by atoms with Crippen LogP contribution in [-0.4, -0.2) is 17.6 Å². The molecule has 2 rings (SSSR count). The third-order valence-electron chi connectivity index (χ3n) is 2.92. The molecule has 3 nitrogen and oxygen atoms in total. The zero-order chi connectivity index (χ0) is 12.8. The highest BCUT2D eigenvalue weighted by Crippen LogP contribution is 2.41. The van der Waals surface area contributed by atoms with Gasteiger partial charge in [-0.15, -0.1) is 0 Å². The summed E-state index contributed by atoms with van der Waals surface area (Å²) in [6.07, 6.45) is -4.66. The molecule has 1 aromatic carbocycles. The van der Waals surface area contributed by atoms with Gasteiger partial charge in [0.15, 0.2) is 0 Å². The van der Waals surface area contributed by atoms with Crippen molar-refractivity contribution in [3.8, 4) is 0 Å². The molecule has 0 saturated heterocycles. The van der Waals surface area contributed by atoms with Gasteiger partial charge in [-0.05, 0) is 25.5 Å².